The van der Waals surface area contributed by atoms with E-state index in [1.807, 2.05) is 37.3 Å². The SMILES string of the molecule is CCCc1nnc2n1NC(c1ccccc1)C(C(=O)Nc1cccc(C(F)(F)F)c1)S2. The highest BCUT2D eigenvalue weighted by Crippen LogP contribution is 2.38. The Morgan fingerprint density at radius 2 is 1.94 bits per heavy atom. The molecule has 162 valence electrons. The fraction of sp³-hybridized carbons (Fsp3) is 0.286. The van der Waals surface area contributed by atoms with Gasteiger partial charge in [0.1, 0.15) is 5.25 Å². The van der Waals surface area contributed by atoms with Crippen molar-refractivity contribution in [2.24, 2.45) is 0 Å². The second-order valence-electron chi connectivity index (χ2n) is 7.11. The summed E-state index contributed by atoms with van der Waals surface area (Å²) in [5, 5.41) is 10.9. The van der Waals surface area contributed by atoms with Gasteiger partial charge in [0.05, 0.1) is 11.6 Å². The van der Waals surface area contributed by atoms with Crippen molar-refractivity contribution in [3.8, 4) is 0 Å². The summed E-state index contributed by atoms with van der Waals surface area (Å²) in [6, 6.07) is 13.6. The number of amides is 1. The average molecular weight is 447 g/mol. The number of benzene rings is 2. The number of aryl methyl sites for hydroxylation is 1. The van der Waals surface area contributed by atoms with Crippen molar-refractivity contribution in [3.63, 3.8) is 0 Å². The maximum atomic E-state index is 13.1. The highest BCUT2D eigenvalue weighted by molar-refractivity contribution is 8.00. The zero-order valence-corrected chi connectivity index (χ0v) is 17.4. The van der Waals surface area contributed by atoms with Crippen molar-refractivity contribution >= 4 is 23.4 Å². The summed E-state index contributed by atoms with van der Waals surface area (Å²) in [5.41, 5.74) is 3.48. The number of carbonyl (C=O) groups is 1. The molecule has 1 amide bonds. The molecule has 2 heterocycles. The van der Waals surface area contributed by atoms with Crippen LogP contribution < -0.4 is 10.7 Å². The van der Waals surface area contributed by atoms with Crippen molar-refractivity contribution in [3.05, 3.63) is 71.5 Å². The number of alkyl halides is 3. The molecule has 1 aliphatic rings. The molecule has 10 heteroatoms. The van der Waals surface area contributed by atoms with Crippen LogP contribution in [-0.2, 0) is 17.4 Å². The maximum absolute atomic E-state index is 13.1. The van der Waals surface area contributed by atoms with Gasteiger partial charge in [-0.05, 0) is 30.2 Å². The standard InChI is InChI=1S/C21H20F3N5OS/c1-2-7-16-26-27-20-29(16)28-17(13-8-4-3-5-9-13)18(31-20)19(30)25-15-11-6-10-14(12-15)21(22,23)24/h3-6,8-12,17-18,28H,2,7H2,1H3,(H,25,30). The van der Waals surface area contributed by atoms with Crippen molar-refractivity contribution in [2.45, 2.75) is 42.4 Å². The molecule has 1 aromatic heterocycles. The Morgan fingerprint density at radius 1 is 1.16 bits per heavy atom. The van der Waals surface area contributed by atoms with E-state index in [-0.39, 0.29) is 5.69 Å². The van der Waals surface area contributed by atoms with Crippen molar-refractivity contribution in [1.29, 1.82) is 0 Å². The van der Waals surface area contributed by atoms with E-state index in [2.05, 4.69) is 20.9 Å². The predicted molar refractivity (Wildman–Crippen MR) is 112 cm³/mol. The molecule has 0 saturated heterocycles. The number of hydrogen-bond acceptors (Lipinski definition) is 5. The quantitative estimate of drug-likeness (QED) is 0.596. The third-order valence-electron chi connectivity index (χ3n) is 4.85. The normalized spacial score (nSPS) is 18.2. The lowest BCUT2D eigenvalue weighted by Gasteiger charge is -2.33. The lowest BCUT2D eigenvalue weighted by molar-refractivity contribution is -0.137. The molecule has 2 unspecified atom stereocenters. The number of rotatable bonds is 5. The molecule has 2 atom stereocenters. The van der Waals surface area contributed by atoms with Gasteiger partial charge in [0.2, 0.25) is 11.1 Å². The number of nitrogens with zero attached hydrogens (tertiary/aromatic N) is 3. The molecule has 0 saturated carbocycles. The Balaban J connectivity index is 1.63. The molecular formula is C21H20F3N5OS. The van der Waals surface area contributed by atoms with Crippen LogP contribution in [0.1, 0.15) is 36.3 Å². The van der Waals surface area contributed by atoms with E-state index >= 15 is 0 Å². The first-order valence-corrected chi connectivity index (χ1v) is 10.7. The largest absolute Gasteiger partial charge is 0.416 e. The van der Waals surface area contributed by atoms with Gasteiger partial charge in [-0.3, -0.25) is 4.79 Å². The number of halogens is 3. The summed E-state index contributed by atoms with van der Waals surface area (Å²) in [5.74, 6) is 0.347. The molecule has 2 aromatic carbocycles. The molecule has 31 heavy (non-hydrogen) atoms. The molecule has 4 rings (SSSR count). The number of aromatic nitrogens is 3. The Bertz CT molecular complexity index is 1070. The molecule has 6 nitrogen and oxygen atoms in total. The molecule has 0 spiro atoms. The minimum absolute atomic E-state index is 0.0888. The van der Waals surface area contributed by atoms with E-state index in [0.717, 1.165) is 36.4 Å². The first-order valence-electron chi connectivity index (χ1n) is 9.77. The average Bonchev–Trinajstić information content (AvgIpc) is 3.15. The first-order chi connectivity index (χ1) is 14.9. The summed E-state index contributed by atoms with van der Waals surface area (Å²) in [6.45, 7) is 2.04. The van der Waals surface area contributed by atoms with E-state index in [1.54, 1.807) is 4.68 Å². The van der Waals surface area contributed by atoms with Gasteiger partial charge in [0.15, 0.2) is 5.82 Å². The molecule has 0 aliphatic carbocycles. The van der Waals surface area contributed by atoms with Gasteiger partial charge in [-0.15, -0.1) is 10.2 Å². The van der Waals surface area contributed by atoms with E-state index in [0.29, 0.717) is 5.16 Å². The van der Waals surface area contributed by atoms with E-state index in [4.69, 9.17) is 0 Å². The minimum atomic E-state index is -4.49. The summed E-state index contributed by atoms with van der Waals surface area (Å²) in [6.07, 6.45) is -2.87. The van der Waals surface area contributed by atoms with Gasteiger partial charge in [0, 0.05) is 12.1 Å². The minimum Gasteiger partial charge on any atom is -0.325 e. The molecule has 1 aliphatic heterocycles. The number of anilines is 1. The van der Waals surface area contributed by atoms with Crippen LogP contribution in [0.2, 0.25) is 0 Å². The van der Waals surface area contributed by atoms with E-state index < -0.39 is 28.9 Å². The lowest BCUT2D eigenvalue weighted by atomic mass is 10.0. The topological polar surface area (TPSA) is 71.8 Å². The van der Waals surface area contributed by atoms with Crippen LogP contribution in [0.3, 0.4) is 0 Å². The van der Waals surface area contributed by atoms with Crippen LogP contribution in [-0.4, -0.2) is 26.0 Å². The maximum Gasteiger partial charge on any atom is 0.416 e. The molecular weight excluding hydrogens is 427 g/mol. The van der Waals surface area contributed by atoms with Crippen molar-refractivity contribution in [1.82, 2.24) is 14.9 Å². The molecule has 0 bridgehead atoms. The summed E-state index contributed by atoms with van der Waals surface area (Å²) in [4.78, 5) is 13.1. The van der Waals surface area contributed by atoms with Gasteiger partial charge in [-0.1, -0.05) is 55.1 Å². The van der Waals surface area contributed by atoms with Crippen molar-refractivity contribution in [2.75, 3.05) is 10.7 Å². The Hall–Kier alpha value is -3.01. The number of thioether (sulfide) groups is 1. The lowest BCUT2D eigenvalue weighted by Crippen LogP contribution is -2.41. The fourth-order valence-corrected chi connectivity index (χ4v) is 4.48. The van der Waals surface area contributed by atoms with Crippen LogP contribution in [0, 0.1) is 0 Å². The Morgan fingerprint density at radius 3 is 2.65 bits per heavy atom. The van der Waals surface area contributed by atoms with Crippen LogP contribution in [0.25, 0.3) is 0 Å². The first kappa shape index (κ1) is 21.2. The Labute approximate surface area is 181 Å². The summed E-state index contributed by atoms with van der Waals surface area (Å²) >= 11 is 1.24. The van der Waals surface area contributed by atoms with Gasteiger partial charge < -0.3 is 10.7 Å². The zero-order chi connectivity index (χ0) is 22.0. The second-order valence-corrected chi connectivity index (χ2v) is 8.22. The van der Waals surface area contributed by atoms with E-state index in [1.165, 1.54) is 23.9 Å². The third kappa shape index (κ3) is 4.53. The highest BCUT2D eigenvalue weighted by Gasteiger charge is 2.38. The molecule has 2 N–H and O–H groups in total. The van der Waals surface area contributed by atoms with Gasteiger partial charge >= 0.3 is 6.18 Å². The Kier molecular flexibility index (Phi) is 5.90. The number of carbonyl (C=O) groups excluding carboxylic acids is 1. The van der Waals surface area contributed by atoms with E-state index in [9.17, 15) is 18.0 Å². The molecule has 0 radical (unpaired) electrons. The van der Waals surface area contributed by atoms with Gasteiger partial charge in [0.25, 0.3) is 0 Å². The summed E-state index contributed by atoms with van der Waals surface area (Å²) in [7, 11) is 0. The van der Waals surface area contributed by atoms with Crippen LogP contribution in [0.15, 0.2) is 59.8 Å². The second kappa shape index (κ2) is 8.62. The summed E-state index contributed by atoms with van der Waals surface area (Å²) < 4.78 is 40.9. The number of hydrogen-bond donors (Lipinski definition) is 2. The highest BCUT2D eigenvalue weighted by atomic mass is 32.2. The van der Waals surface area contributed by atoms with Crippen LogP contribution in [0.4, 0.5) is 18.9 Å². The zero-order valence-electron chi connectivity index (χ0n) is 16.6. The number of nitrogens with one attached hydrogen (secondary N) is 2. The third-order valence-corrected chi connectivity index (χ3v) is 6.07. The van der Waals surface area contributed by atoms with Crippen molar-refractivity contribution < 1.29 is 18.0 Å². The molecule has 0 fully saturated rings. The van der Waals surface area contributed by atoms with Gasteiger partial charge in [-0.2, -0.15) is 13.2 Å². The predicted octanol–water partition coefficient (Wildman–Crippen LogP) is 4.65. The fourth-order valence-electron chi connectivity index (χ4n) is 3.38. The smallest absolute Gasteiger partial charge is 0.325 e. The number of fused-ring (bicyclic) bond motifs is 1. The van der Waals surface area contributed by atoms with Crippen LogP contribution >= 0.6 is 11.8 Å². The van der Waals surface area contributed by atoms with Gasteiger partial charge in [-0.25, -0.2) is 4.68 Å². The molecule has 3 aromatic rings. The monoisotopic (exact) mass is 447 g/mol. The van der Waals surface area contributed by atoms with Crippen LogP contribution in [0.5, 0.6) is 0 Å².